The van der Waals surface area contributed by atoms with Crippen molar-refractivity contribution in [2.75, 3.05) is 12.4 Å². The summed E-state index contributed by atoms with van der Waals surface area (Å²) in [6, 6.07) is 5.30. The number of halogens is 2. The Hall–Kier alpha value is -3.13. The Morgan fingerprint density at radius 1 is 1.30 bits per heavy atom. The number of hydrogen-bond donors (Lipinski definition) is 4. The van der Waals surface area contributed by atoms with Gasteiger partial charge >= 0.3 is 6.09 Å². The van der Waals surface area contributed by atoms with Crippen molar-refractivity contribution in [3.63, 3.8) is 0 Å². The number of aliphatic hydroxyl groups is 1. The molecule has 1 aliphatic heterocycles. The highest BCUT2D eigenvalue weighted by Gasteiger charge is 2.44. The van der Waals surface area contributed by atoms with E-state index in [4.69, 9.17) is 0 Å². The molecule has 0 saturated heterocycles. The fourth-order valence-corrected chi connectivity index (χ4v) is 4.12. The monoisotopic (exact) mass is 415 g/mol. The number of H-pyrrole nitrogens is 1. The van der Waals surface area contributed by atoms with Crippen LogP contribution < -0.4 is 10.6 Å². The zero-order chi connectivity index (χ0) is 21.8. The maximum atomic E-state index is 15.9. The fraction of sp³-hybridized carbons (Fsp3) is 0.318. The number of amides is 1. The van der Waals surface area contributed by atoms with Gasteiger partial charge < -0.3 is 25.5 Å². The van der Waals surface area contributed by atoms with Crippen LogP contribution in [0.15, 0.2) is 30.5 Å². The molecule has 2 heterocycles. The summed E-state index contributed by atoms with van der Waals surface area (Å²) in [6.07, 6.45) is -0.242. The van der Waals surface area contributed by atoms with E-state index in [9.17, 15) is 9.90 Å². The molecule has 30 heavy (non-hydrogen) atoms. The Morgan fingerprint density at radius 3 is 2.73 bits per heavy atom. The lowest BCUT2D eigenvalue weighted by Crippen LogP contribution is -2.55. The van der Waals surface area contributed by atoms with Crippen LogP contribution in [0.25, 0.3) is 22.0 Å². The number of carbonyl (C=O) groups excluding carboxylic acids is 1. The van der Waals surface area contributed by atoms with Crippen molar-refractivity contribution in [2.45, 2.75) is 38.5 Å². The molecule has 0 fully saturated rings. The number of rotatable bonds is 2. The van der Waals surface area contributed by atoms with E-state index in [-0.39, 0.29) is 16.8 Å². The lowest BCUT2D eigenvalue weighted by molar-refractivity contribution is 0.0639. The van der Waals surface area contributed by atoms with E-state index in [2.05, 4.69) is 20.4 Å². The number of methoxy groups -OCH3 is 1. The minimum Gasteiger partial charge on any atom is -0.453 e. The molecule has 0 saturated carbocycles. The van der Waals surface area contributed by atoms with Crippen LogP contribution in [-0.2, 0) is 4.74 Å². The van der Waals surface area contributed by atoms with Gasteiger partial charge in [-0.15, -0.1) is 0 Å². The molecule has 0 spiro atoms. The summed E-state index contributed by atoms with van der Waals surface area (Å²) in [4.78, 5) is 15.0. The number of para-hydroxylation sites is 1. The van der Waals surface area contributed by atoms with E-state index in [1.165, 1.54) is 13.2 Å². The van der Waals surface area contributed by atoms with Crippen LogP contribution in [0, 0.1) is 18.6 Å². The van der Waals surface area contributed by atoms with Gasteiger partial charge in [-0.3, -0.25) is 0 Å². The Bertz CT molecular complexity index is 1160. The predicted molar refractivity (Wildman–Crippen MR) is 110 cm³/mol. The largest absolute Gasteiger partial charge is 0.453 e. The minimum absolute atomic E-state index is 0.0242. The highest BCUT2D eigenvalue weighted by Crippen LogP contribution is 2.44. The van der Waals surface area contributed by atoms with Gasteiger partial charge in [0.2, 0.25) is 0 Å². The van der Waals surface area contributed by atoms with Crippen LogP contribution in [0.2, 0.25) is 0 Å². The van der Waals surface area contributed by atoms with Gasteiger partial charge in [0.25, 0.3) is 0 Å². The molecule has 4 N–H and O–H groups in total. The highest BCUT2D eigenvalue weighted by molar-refractivity contribution is 5.96. The fourth-order valence-electron chi connectivity index (χ4n) is 4.12. The van der Waals surface area contributed by atoms with Gasteiger partial charge in [0, 0.05) is 28.4 Å². The average molecular weight is 415 g/mol. The van der Waals surface area contributed by atoms with Crippen LogP contribution in [-0.4, -0.2) is 34.9 Å². The van der Waals surface area contributed by atoms with E-state index in [0.717, 1.165) is 10.9 Å². The van der Waals surface area contributed by atoms with Gasteiger partial charge in [-0.25, -0.2) is 13.6 Å². The van der Waals surface area contributed by atoms with Crippen LogP contribution in [0.4, 0.5) is 19.3 Å². The normalized spacial score (nSPS) is 19.8. The first kappa shape index (κ1) is 20.2. The summed E-state index contributed by atoms with van der Waals surface area (Å²) in [5.41, 5.74) is 0.880. The van der Waals surface area contributed by atoms with Crippen molar-refractivity contribution < 1.29 is 23.4 Å². The second-order valence-corrected chi connectivity index (χ2v) is 8.11. The number of alkyl carbamates (subject to hydrolysis) is 1. The number of aromatic amines is 1. The van der Waals surface area contributed by atoms with Crippen LogP contribution in [0.3, 0.4) is 0 Å². The number of carbonyl (C=O) groups is 1. The van der Waals surface area contributed by atoms with Crippen molar-refractivity contribution in [2.24, 2.45) is 0 Å². The van der Waals surface area contributed by atoms with Crippen molar-refractivity contribution in [1.82, 2.24) is 10.3 Å². The third-order valence-electron chi connectivity index (χ3n) is 5.73. The molecule has 0 aliphatic carbocycles. The molecule has 1 aliphatic rings. The zero-order valence-electron chi connectivity index (χ0n) is 17.1. The summed E-state index contributed by atoms with van der Waals surface area (Å²) in [5, 5.41) is 17.1. The first-order valence-electron chi connectivity index (χ1n) is 9.55. The lowest BCUT2D eigenvalue weighted by Gasteiger charge is -2.43. The molecule has 2 atom stereocenters. The van der Waals surface area contributed by atoms with Crippen molar-refractivity contribution in [1.29, 1.82) is 0 Å². The Morgan fingerprint density at radius 2 is 2.03 bits per heavy atom. The van der Waals surface area contributed by atoms with E-state index >= 15 is 8.78 Å². The Labute approximate surface area is 172 Å². The number of anilines is 1. The molecule has 1 amide bonds. The van der Waals surface area contributed by atoms with Gasteiger partial charge in [0.15, 0.2) is 0 Å². The van der Waals surface area contributed by atoms with Gasteiger partial charge in [-0.1, -0.05) is 18.2 Å². The van der Waals surface area contributed by atoms with Crippen molar-refractivity contribution in [3.05, 3.63) is 53.2 Å². The molecule has 1 aromatic heterocycles. The number of nitrogens with one attached hydrogen (secondary N) is 3. The first-order valence-corrected chi connectivity index (χ1v) is 9.55. The lowest BCUT2D eigenvalue weighted by atomic mass is 9.81. The molecule has 158 valence electrons. The van der Waals surface area contributed by atoms with E-state index in [0.29, 0.717) is 11.1 Å². The number of benzene rings is 2. The summed E-state index contributed by atoms with van der Waals surface area (Å²) >= 11 is 0. The molecule has 1 unspecified atom stereocenters. The van der Waals surface area contributed by atoms with E-state index in [1.807, 2.05) is 13.0 Å². The van der Waals surface area contributed by atoms with E-state index < -0.39 is 35.4 Å². The van der Waals surface area contributed by atoms with Crippen molar-refractivity contribution >= 4 is 22.7 Å². The topological polar surface area (TPSA) is 86.4 Å². The quantitative estimate of drug-likeness (QED) is 0.500. The summed E-state index contributed by atoms with van der Waals surface area (Å²) in [6.45, 7) is 5.26. The molecule has 3 aromatic rings. The number of aromatic nitrogens is 1. The number of hydrogen-bond acceptors (Lipinski definition) is 4. The average Bonchev–Trinajstić information content (AvgIpc) is 3.06. The third kappa shape index (κ3) is 2.99. The Kier molecular flexibility index (Phi) is 4.69. The van der Waals surface area contributed by atoms with Crippen LogP contribution in [0.1, 0.15) is 31.0 Å². The highest BCUT2D eigenvalue weighted by atomic mass is 19.1. The molecular weight excluding hydrogens is 392 g/mol. The second-order valence-electron chi connectivity index (χ2n) is 8.11. The van der Waals surface area contributed by atoms with Gasteiger partial charge in [0.05, 0.1) is 29.8 Å². The molecule has 8 heteroatoms. The molecular formula is C22H23F2N3O3. The molecule has 2 aromatic carbocycles. The molecule has 4 rings (SSSR count). The van der Waals surface area contributed by atoms with Gasteiger partial charge in [-0.05, 0) is 32.4 Å². The standard InChI is InChI=1S/C22H23F2N3O3/c1-10-9-25-18-11(10)6-5-7-12(18)15-13(23)8-14-16(17(15)24)19(26-21(29)30-4)20(28)22(2,3)27-14/h5-9,19-20,25,27-28H,1-4H3,(H,26,29)/t19?,20-/m1/s1. The molecule has 6 nitrogen and oxygen atoms in total. The molecule has 0 bridgehead atoms. The number of fused-ring (bicyclic) bond motifs is 2. The van der Waals surface area contributed by atoms with Crippen molar-refractivity contribution in [3.8, 4) is 11.1 Å². The van der Waals surface area contributed by atoms with Gasteiger partial charge in [-0.2, -0.15) is 0 Å². The first-order chi connectivity index (χ1) is 14.2. The Balaban J connectivity index is 1.97. The SMILES string of the molecule is COC(=O)NC1c2c(cc(F)c(-c3cccc4c(C)c[nH]c34)c2F)NC(C)(C)[C@@H]1O. The number of aryl methyl sites for hydroxylation is 1. The number of ether oxygens (including phenoxy) is 1. The minimum atomic E-state index is -1.19. The predicted octanol–water partition coefficient (Wildman–Crippen LogP) is 4.38. The maximum absolute atomic E-state index is 15.9. The van der Waals surface area contributed by atoms with E-state index in [1.54, 1.807) is 32.2 Å². The summed E-state index contributed by atoms with van der Waals surface area (Å²) in [5.74, 6) is -1.60. The summed E-state index contributed by atoms with van der Waals surface area (Å²) < 4.78 is 35.7. The molecule has 0 radical (unpaired) electrons. The summed E-state index contributed by atoms with van der Waals surface area (Å²) in [7, 11) is 1.18. The van der Waals surface area contributed by atoms with Gasteiger partial charge in [0.1, 0.15) is 17.7 Å². The smallest absolute Gasteiger partial charge is 0.407 e. The second kappa shape index (κ2) is 6.98. The van der Waals surface area contributed by atoms with Crippen LogP contribution >= 0.6 is 0 Å². The third-order valence-corrected chi connectivity index (χ3v) is 5.73. The zero-order valence-corrected chi connectivity index (χ0v) is 17.1. The number of aliphatic hydroxyl groups excluding tert-OH is 1. The maximum Gasteiger partial charge on any atom is 0.407 e. The van der Waals surface area contributed by atoms with Crippen LogP contribution in [0.5, 0.6) is 0 Å².